The van der Waals surface area contributed by atoms with E-state index in [0.717, 1.165) is 17.4 Å². The lowest BCUT2D eigenvalue weighted by atomic mass is 9.85. The van der Waals surface area contributed by atoms with Crippen molar-refractivity contribution in [3.05, 3.63) is 12.4 Å². The van der Waals surface area contributed by atoms with E-state index in [1.165, 1.54) is 53.2 Å². The normalized spacial score (nSPS) is 18.6. The fourth-order valence-electron chi connectivity index (χ4n) is 4.19. The van der Waals surface area contributed by atoms with Crippen LogP contribution >= 0.6 is 0 Å². The van der Waals surface area contributed by atoms with E-state index in [9.17, 15) is 8.42 Å². The molecule has 1 saturated carbocycles. The van der Waals surface area contributed by atoms with Crippen LogP contribution in [0.2, 0.25) is 19.1 Å². The average molecular weight is 386 g/mol. The van der Waals surface area contributed by atoms with Gasteiger partial charge in [0.15, 0.2) is 0 Å². The van der Waals surface area contributed by atoms with Gasteiger partial charge in [0.1, 0.15) is 13.5 Å². The second-order valence-electron chi connectivity index (χ2n) is 8.61. The van der Waals surface area contributed by atoms with Crippen LogP contribution in [0, 0.1) is 11.8 Å². The molecule has 1 heterocycles. The van der Waals surface area contributed by atoms with Crippen LogP contribution < -0.4 is 5.45 Å². The van der Waals surface area contributed by atoms with Gasteiger partial charge in [-0.15, -0.1) is 0 Å². The molecule has 1 atom stereocenters. The van der Waals surface area contributed by atoms with Crippen LogP contribution in [-0.4, -0.2) is 43.8 Å². The van der Waals surface area contributed by atoms with Gasteiger partial charge >= 0.3 is 10.2 Å². The molecule has 5 nitrogen and oxygen atoms in total. The van der Waals surface area contributed by atoms with Crippen molar-refractivity contribution >= 4 is 23.7 Å². The van der Waals surface area contributed by atoms with Crippen molar-refractivity contribution in [2.75, 3.05) is 14.1 Å². The molecule has 1 aromatic heterocycles. The van der Waals surface area contributed by atoms with Gasteiger partial charge in [0.2, 0.25) is 0 Å². The molecule has 1 unspecified atom stereocenters. The molecule has 1 fully saturated rings. The zero-order valence-corrected chi connectivity index (χ0v) is 18.3. The Morgan fingerprint density at radius 1 is 1.28 bits per heavy atom. The van der Waals surface area contributed by atoms with Crippen molar-refractivity contribution in [3.63, 3.8) is 0 Å². The summed E-state index contributed by atoms with van der Waals surface area (Å²) in [5.74, 6) is 1.54. The standard InChI is InChI=1S/C18H35N3O2SSi/c1-16(11-12-17-9-7-6-8-10-17)15-25(4,5)18-19-13-14-21(18)24(22,23)20(2)3/h13-14,16-17H,6-12,15H2,1-5H3. The van der Waals surface area contributed by atoms with Crippen LogP contribution in [-0.2, 0) is 10.2 Å². The smallest absolute Gasteiger partial charge is 0.246 e. The van der Waals surface area contributed by atoms with Crippen molar-refractivity contribution < 1.29 is 8.42 Å². The molecule has 1 aliphatic rings. The third-order valence-corrected chi connectivity index (χ3v) is 10.7. The highest BCUT2D eigenvalue weighted by Crippen LogP contribution is 2.30. The zero-order valence-electron chi connectivity index (χ0n) is 16.5. The van der Waals surface area contributed by atoms with Gasteiger partial charge < -0.3 is 0 Å². The van der Waals surface area contributed by atoms with Crippen molar-refractivity contribution in [2.24, 2.45) is 11.8 Å². The first-order valence-electron chi connectivity index (χ1n) is 9.61. The molecule has 2 rings (SSSR count). The minimum Gasteiger partial charge on any atom is -0.246 e. The van der Waals surface area contributed by atoms with Gasteiger partial charge in [0.25, 0.3) is 0 Å². The monoisotopic (exact) mass is 385 g/mol. The first-order valence-corrected chi connectivity index (χ1v) is 14.2. The molecule has 0 spiro atoms. The third kappa shape index (κ3) is 5.17. The molecule has 7 heteroatoms. The molecule has 0 aliphatic heterocycles. The molecule has 0 amide bonds. The summed E-state index contributed by atoms with van der Waals surface area (Å²) in [5.41, 5.74) is 0.769. The fraction of sp³-hybridized carbons (Fsp3) is 0.833. The maximum Gasteiger partial charge on any atom is 0.308 e. The lowest BCUT2D eigenvalue weighted by molar-refractivity contribution is 0.317. The second-order valence-corrected chi connectivity index (χ2v) is 15.3. The highest BCUT2D eigenvalue weighted by molar-refractivity contribution is 7.87. The summed E-state index contributed by atoms with van der Waals surface area (Å²) in [4.78, 5) is 4.46. The molecule has 1 aromatic rings. The number of hydrogen-bond donors (Lipinski definition) is 0. The Kier molecular flexibility index (Phi) is 6.90. The van der Waals surface area contributed by atoms with Gasteiger partial charge in [-0.1, -0.05) is 65.0 Å². The average Bonchev–Trinajstić information content (AvgIpc) is 3.05. The molecule has 0 bridgehead atoms. The lowest BCUT2D eigenvalue weighted by Gasteiger charge is -2.28. The number of hydrogen-bond acceptors (Lipinski definition) is 3. The fourth-order valence-corrected chi connectivity index (χ4v) is 9.33. The number of imidazole rings is 1. The van der Waals surface area contributed by atoms with Gasteiger partial charge in [-0.25, -0.2) is 8.96 Å². The quantitative estimate of drug-likeness (QED) is 0.644. The Hall–Kier alpha value is -0.663. The van der Waals surface area contributed by atoms with E-state index in [0.29, 0.717) is 5.92 Å². The second kappa shape index (κ2) is 8.35. The van der Waals surface area contributed by atoms with Crippen molar-refractivity contribution in [1.29, 1.82) is 0 Å². The molecular weight excluding hydrogens is 350 g/mol. The van der Waals surface area contributed by atoms with E-state index in [2.05, 4.69) is 25.0 Å². The molecule has 1 aliphatic carbocycles. The van der Waals surface area contributed by atoms with Crippen LogP contribution in [0.4, 0.5) is 0 Å². The van der Waals surface area contributed by atoms with Crippen molar-refractivity contribution in [1.82, 2.24) is 13.3 Å². The van der Waals surface area contributed by atoms with E-state index in [1.807, 2.05) is 0 Å². The van der Waals surface area contributed by atoms with Gasteiger partial charge in [-0.05, 0) is 17.9 Å². The maximum absolute atomic E-state index is 12.5. The number of nitrogens with zero attached hydrogens (tertiary/aromatic N) is 3. The van der Waals surface area contributed by atoms with E-state index in [4.69, 9.17) is 0 Å². The lowest BCUT2D eigenvalue weighted by Crippen LogP contribution is -2.51. The first-order chi connectivity index (χ1) is 11.6. The van der Waals surface area contributed by atoms with Crippen molar-refractivity contribution in [3.8, 4) is 0 Å². The van der Waals surface area contributed by atoms with Crippen LogP contribution in [0.25, 0.3) is 0 Å². The Labute approximate surface area is 155 Å². The Balaban J connectivity index is 2.02. The highest BCUT2D eigenvalue weighted by Gasteiger charge is 2.34. The first kappa shape index (κ1) is 20.6. The third-order valence-electron chi connectivity index (χ3n) is 5.57. The summed E-state index contributed by atoms with van der Waals surface area (Å²) >= 11 is 0. The van der Waals surface area contributed by atoms with Crippen LogP contribution in [0.1, 0.15) is 51.9 Å². The maximum atomic E-state index is 12.5. The zero-order chi connectivity index (χ0) is 18.7. The van der Waals surface area contributed by atoms with Gasteiger partial charge in [0, 0.05) is 26.5 Å². The molecule has 0 aromatic carbocycles. The van der Waals surface area contributed by atoms with Crippen molar-refractivity contribution in [2.45, 2.75) is 71.0 Å². The van der Waals surface area contributed by atoms with Crippen LogP contribution in [0.3, 0.4) is 0 Å². The topological polar surface area (TPSA) is 55.2 Å². The van der Waals surface area contributed by atoms with Crippen LogP contribution in [0.15, 0.2) is 12.4 Å². The summed E-state index contributed by atoms with van der Waals surface area (Å²) in [5, 5.41) is 0. The SMILES string of the molecule is CC(CCC1CCCCC1)C[Si](C)(C)c1nccn1S(=O)(=O)N(C)C. The molecule has 25 heavy (non-hydrogen) atoms. The summed E-state index contributed by atoms with van der Waals surface area (Å²) in [6.07, 6.45) is 12.8. The molecule has 0 N–H and O–H groups in total. The minimum absolute atomic E-state index is 0.621. The van der Waals surface area contributed by atoms with E-state index >= 15 is 0 Å². The Morgan fingerprint density at radius 3 is 2.52 bits per heavy atom. The summed E-state index contributed by atoms with van der Waals surface area (Å²) in [7, 11) is -2.28. The molecule has 0 saturated heterocycles. The predicted molar refractivity (Wildman–Crippen MR) is 107 cm³/mol. The Bertz CT molecular complexity index is 649. The van der Waals surface area contributed by atoms with E-state index in [-0.39, 0.29) is 0 Å². The molecular formula is C18H35N3O2SSi. The summed E-state index contributed by atoms with van der Waals surface area (Å²) in [6.45, 7) is 6.81. The van der Waals surface area contributed by atoms with Crippen LogP contribution in [0.5, 0.6) is 0 Å². The minimum atomic E-state index is -3.49. The van der Waals surface area contributed by atoms with E-state index < -0.39 is 18.3 Å². The largest absolute Gasteiger partial charge is 0.308 e. The van der Waals surface area contributed by atoms with Gasteiger partial charge in [0.05, 0.1) is 0 Å². The number of aromatic nitrogens is 2. The van der Waals surface area contributed by atoms with Gasteiger partial charge in [-0.2, -0.15) is 12.7 Å². The Morgan fingerprint density at radius 2 is 1.92 bits per heavy atom. The highest BCUT2D eigenvalue weighted by atomic mass is 32.2. The summed E-state index contributed by atoms with van der Waals surface area (Å²) in [6, 6.07) is 1.08. The van der Waals surface area contributed by atoms with E-state index in [1.54, 1.807) is 26.5 Å². The number of rotatable bonds is 8. The van der Waals surface area contributed by atoms with Gasteiger partial charge in [-0.3, -0.25) is 0 Å². The molecule has 0 radical (unpaired) electrons. The molecule has 144 valence electrons. The summed E-state index contributed by atoms with van der Waals surface area (Å²) < 4.78 is 27.8. The predicted octanol–water partition coefficient (Wildman–Crippen LogP) is 3.45.